The van der Waals surface area contributed by atoms with Gasteiger partial charge in [0.05, 0.1) is 0 Å². The zero-order valence-electron chi connectivity index (χ0n) is 10.1. The van der Waals surface area contributed by atoms with Crippen LogP contribution in [0.15, 0.2) is 36.4 Å². The average Bonchev–Trinajstić information content (AvgIpc) is 2.81. The van der Waals surface area contributed by atoms with Crippen LogP contribution in [0.1, 0.15) is 5.56 Å². The highest BCUT2D eigenvalue weighted by Crippen LogP contribution is 2.28. The molecular formula is C15H10F3N. The molecule has 19 heavy (non-hydrogen) atoms. The van der Waals surface area contributed by atoms with Crippen molar-refractivity contribution in [3.63, 3.8) is 0 Å². The van der Waals surface area contributed by atoms with E-state index in [2.05, 4.69) is 4.98 Å². The quantitative estimate of drug-likeness (QED) is 0.618. The third-order valence-corrected chi connectivity index (χ3v) is 3.18. The fourth-order valence-electron chi connectivity index (χ4n) is 2.17. The molecule has 1 nitrogen and oxygen atoms in total. The Bertz CT molecular complexity index is 751. The topological polar surface area (TPSA) is 15.8 Å². The lowest BCUT2D eigenvalue weighted by Gasteiger charge is -2.00. The van der Waals surface area contributed by atoms with Crippen molar-refractivity contribution in [2.24, 2.45) is 0 Å². The molecule has 96 valence electrons. The number of benzene rings is 2. The lowest BCUT2D eigenvalue weighted by Crippen LogP contribution is -1.91. The zero-order valence-corrected chi connectivity index (χ0v) is 10.1. The maximum Gasteiger partial charge on any atom is 0.194 e. The molecule has 0 atom stereocenters. The van der Waals surface area contributed by atoms with E-state index in [4.69, 9.17) is 0 Å². The van der Waals surface area contributed by atoms with E-state index in [-0.39, 0.29) is 5.56 Å². The number of aromatic amines is 1. The van der Waals surface area contributed by atoms with Crippen molar-refractivity contribution in [3.05, 3.63) is 59.4 Å². The van der Waals surface area contributed by atoms with Crippen LogP contribution in [0.5, 0.6) is 0 Å². The Balaban J connectivity index is 2.22. The van der Waals surface area contributed by atoms with Crippen molar-refractivity contribution in [3.8, 4) is 11.3 Å². The van der Waals surface area contributed by atoms with Gasteiger partial charge in [0, 0.05) is 22.2 Å². The van der Waals surface area contributed by atoms with Crippen molar-refractivity contribution in [2.75, 3.05) is 0 Å². The summed E-state index contributed by atoms with van der Waals surface area (Å²) in [6.45, 7) is 1.95. The number of H-pyrrole nitrogens is 1. The molecule has 0 aliphatic carbocycles. The summed E-state index contributed by atoms with van der Waals surface area (Å²) >= 11 is 0. The van der Waals surface area contributed by atoms with Crippen molar-refractivity contribution >= 4 is 10.9 Å². The molecule has 0 unspecified atom stereocenters. The molecule has 0 saturated heterocycles. The number of fused-ring (bicyclic) bond motifs is 1. The first-order valence-electron chi connectivity index (χ1n) is 5.79. The summed E-state index contributed by atoms with van der Waals surface area (Å²) in [6, 6.07) is 9.49. The lowest BCUT2D eigenvalue weighted by atomic mass is 10.1. The van der Waals surface area contributed by atoms with Gasteiger partial charge in [-0.3, -0.25) is 0 Å². The molecule has 0 aliphatic heterocycles. The number of nitrogens with one attached hydrogen (secondary N) is 1. The van der Waals surface area contributed by atoms with E-state index in [1.807, 2.05) is 25.1 Å². The largest absolute Gasteiger partial charge is 0.355 e. The van der Waals surface area contributed by atoms with Crippen LogP contribution in [0.2, 0.25) is 0 Å². The van der Waals surface area contributed by atoms with Crippen molar-refractivity contribution < 1.29 is 13.2 Å². The van der Waals surface area contributed by atoms with Crippen LogP contribution in [0.3, 0.4) is 0 Å². The summed E-state index contributed by atoms with van der Waals surface area (Å²) in [5, 5.41) is 0.975. The molecule has 0 aliphatic rings. The SMILES string of the molecule is Cc1cccc2[nH]c(-c3cc(F)c(F)c(F)c3)cc12. The van der Waals surface area contributed by atoms with Crippen LogP contribution in [0.25, 0.3) is 22.2 Å². The number of aryl methyl sites for hydroxylation is 1. The monoisotopic (exact) mass is 261 g/mol. The van der Waals surface area contributed by atoms with Gasteiger partial charge in [-0.05, 0) is 36.8 Å². The van der Waals surface area contributed by atoms with E-state index < -0.39 is 17.5 Å². The van der Waals surface area contributed by atoms with Crippen LogP contribution in [-0.2, 0) is 0 Å². The fraction of sp³-hybridized carbons (Fsp3) is 0.0667. The Labute approximate surface area is 107 Å². The first kappa shape index (κ1) is 11.8. The van der Waals surface area contributed by atoms with E-state index >= 15 is 0 Å². The van der Waals surface area contributed by atoms with Crippen molar-refractivity contribution in [2.45, 2.75) is 6.92 Å². The zero-order chi connectivity index (χ0) is 13.6. The summed E-state index contributed by atoms with van der Waals surface area (Å²) < 4.78 is 39.4. The average molecular weight is 261 g/mol. The minimum absolute atomic E-state index is 0.284. The second-order valence-corrected chi connectivity index (χ2v) is 4.47. The van der Waals surface area contributed by atoms with Crippen LogP contribution in [0, 0.1) is 24.4 Å². The molecule has 0 saturated carbocycles. The maximum absolute atomic E-state index is 13.2. The molecule has 3 rings (SSSR count). The molecule has 1 N–H and O–H groups in total. The summed E-state index contributed by atoms with van der Waals surface area (Å²) in [7, 11) is 0. The molecule has 0 spiro atoms. The molecule has 0 bridgehead atoms. The molecule has 0 radical (unpaired) electrons. The van der Waals surface area contributed by atoms with Gasteiger partial charge in [-0.2, -0.15) is 0 Å². The van der Waals surface area contributed by atoms with E-state index in [0.717, 1.165) is 28.6 Å². The Morgan fingerprint density at radius 2 is 1.63 bits per heavy atom. The highest BCUT2D eigenvalue weighted by Gasteiger charge is 2.13. The Morgan fingerprint density at radius 1 is 0.947 bits per heavy atom. The summed E-state index contributed by atoms with van der Waals surface area (Å²) in [5.41, 5.74) is 2.78. The number of rotatable bonds is 1. The van der Waals surface area contributed by atoms with Crippen LogP contribution in [-0.4, -0.2) is 4.98 Å². The van der Waals surface area contributed by atoms with Gasteiger partial charge in [-0.25, -0.2) is 13.2 Å². The molecule has 2 aromatic carbocycles. The van der Waals surface area contributed by atoms with E-state index in [1.165, 1.54) is 0 Å². The van der Waals surface area contributed by atoms with Gasteiger partial charge in [-0.15, -0.1) is 0 Å². The van der Waals surface area contributed by atoms with Crippen molar-refractivity contribution in [1.82, 2.24) is 4.98 Å². The number of hydrogen-bond acceptors (Lipinski definition) is 0. The molecule has 0 amide bonds. The molecule has 4 heteroatoms. The summed E-state index contributed by atoms with van der Waals surface area (Å²) in [5.74, 6) is -3.83. The van der Waals surface area contributed by atoms with Gasteiger partial charge < -0.3 is 4.98 Å². The molecule has 0 fully saturated rings. The predicted molar refractivity (Wildman–Crippen MR) is 68.3 cm³/mol. The number of hydrogen-bond donors (Lipinski definition) is 1. The smallest absolute Gasteiger partial charge is 0.194 e. The van der Waals surface area contributed by atoms with Gasteiger partial charge >= 0.3 is 0 Å². The van der Waals surface area contributed by atoms with Gasteiger partial charge in [0.25, 0.3) is 0 Å². The second-order valence-electron chi connectivity index (χ2n) is 4.47. The highest BCUT2D eigenvalue weighted by atomic mass is 19.2. The molecular weight excluding hydrogens is 251 g/mol. The predicted octanol–water partition coefficient (Wildman–Crippen LogP) is 4.56. The van der Waals surface area contributed by atoms with E-state index in [0.29, 0.717) is 5.69 Å². The van der Waals surface area contributed by atoms with Crippen LogP contribution >= 0.6 is 0 Å². The summed E-state index contributed by atoms with van der Waals surface area (Å²) in [6.07, 6.45) is 0. The Kier molecular flexibility index (Phi) is 2.59. The molecule has 3 aromatic rings. The highest BCUT2D eigenvalue weighted by molar-refractivity contribution is 5.88. The Hall–Kier alpha value is -2.23. The first-order valence-corrected chi connectivity index (χ1v) is 5.79. The normalized spacial score (nSPS) is 11.2. The number of aromatic nitrogens is 1. The van der Waals surface area contributed by atoms with Crippen LogP contribution in [0.4, 0.5) is 13.2 Å². The third-order valence-electron chi connectivity index (χ3n) is 3.18. The van der Waals surface area contributed by atoms with Crippen LogP contribution < -0.4 is 0 Å². The lowest BCUT2D eigenvalue weighted by molar-refractivity contribution is 0.447. The molecule has 1 aromatic heterocycles. The van der Waals surface area contributed by atoms with Gasteiger partial charge in [0.1, 0.15) is 0 Å². The number of halogens is 3. The minimum Gasteiger partial charge on any atom is -0.355 e. The standard InChI is InChI=1S/C15H10F3N/c1-8-3-2-4-13-10(8)7-14(19-13)9-5-11(16)15(18)12(17)6-9/h2-7,19H,1H3. The molecule has 1 heterocycles. The maximum atomic E-state index is 13.2. The minimum atomic E-state index is -1.45. The summed E-state index contributed by atoms with van der Waals surface area (Å²) in [4.78, 5) is 3.07. The van der Waals surface area contributed by atoms with Gasteiger partial charge in [-0.1, -0.05) is 12.1 Å². The Morgan fingerprint density at radius 3 is 2.26 bits per heavy atom. The van der Waals surface area contributed by atoms with E-state index in [9.17, 15) is 13.2 Å². The third kappa shape index (κ3) is 1.89. The second kappa shape index (κ2) is 4.16. The van der Waals surface area contributed by atoms with Gasteiger partial charge in [0.15, 0.2) is 17.5 Å². The fourth-order valence-corrected chi connectivity index (χ4v) is 2.17. The first-order chi connectivity index (χ1) is 9.06. The van der Waals surface area contributed by atoms with E-state index in [1.54, 1.807) is 6.07 Å². The van der Waals surface area contributed by atoms with Crippen molar-refractivity contribution in [1.29, 1.82) is 0 Å². The van der Waals surface area contributed by atoms with Gasteiger partial charge in [0.2, 0.25) is 0 Å².